The molecule has 180 valence electrons. The first-order chi connectivity index (χ1) is 15.2. The predicted molar refractivity (Wildman–Crippen MR) is 100 cm³/mol. The quantitative estimate of drug-likeness (QED) is 0.155. The van der Waals surface area contributed by atoms with Crippen molar-refractivity contribution < 1.29 is 59.6 Å². The number of hydrogen-bond donors (Lipinski definition) is 7. The van der Waals surface area contributed by atoms with E-state index in [1.54, 1.807) is 0 Å². The molecule has 0 aliphatic carbocycles. The second kappa shape index (κ2) is 10.3. The molecule has 2 aliphatic rings. The van der Waals surface area contributed by atoms with Gasteiger partial charge >= 0.3 is 0 Å². The van der Waals surface area contributed by atoms with Gasteiger partial charge in [-0.15, -0.1) is 0 Å². The third kappa shape index (κ3) is 4.99. The average Bonchev–Trinajstić information content (AvgIpc) is 2.78. The van der Waals surface area contributed by atoms with Crippen LogP contribution in [0.15, 0.2) is 24.3 Å². The van der Waals surface area contributed by atoms with Crippen molar-refractivity contribution in [1.82, 2.24) is 0 Å². The number of non-ortho nitro benzene ring substituents is 1. The van der Waals surface area contributed by atoms with Gasteiger partial charge in [0.15, 0.2) is 6.29 Å². The van der Waals surface area contributed by atoms with E-state index >= 15 is 0 Å². The summed E-state index contributed by atoms with van der Waals surface area (Å²) in [6.45, 7) is -1.42. The number of nitrogens with zero attached hydrogens (tertiary/aromatic N) is 1. The summed E-state index contributed by atoms with van der Waals surface area (Å²) in [6.07, 6.45) is -15.8. The van der Waals surface area contributed by atoms with Crippen LogP contribution < -0.4 is 4.74 Å². The molecule has 0 spiro atoms. The van der Waals surface area contributed by atoms with Crippen LogP contribution in [0.5, 0.6) is 5.75 Å². The van der Waals surface area contributed by atoms with Gasteiger partial charge in [-0.2, -0.15) is 0 Å². The fourth-order valence-corrected chi connectivity index (χ4v) is 3.43. The lowest BCUT2D eigenvalue weighted by Gasteiger charge is -2.45. The second-order valence-electron chi connectivity index (χ2n) is 7.37. The maximum Gasteiger partial charge on any atom is 0.269 e. The first kappa shape index (κ1) is 24.7. The maximum absolute atomic E-state index is 10.8. The van der Waals surface area contributed by atoms with Crippen molar-refractivity contribution in [3.8, 4) is 5.75 Å². The zero-order valence-corrected chi connectivity index (χ0v) is 16.5. The van der Waals surface area contributed by atoms with Crippen LogP contribution in [0.3, 0.4) is 0 Å². The van der Waals surface area contributed by atoms with Crippen LogP contribution in [0.25, 0.3) is 0 Å². The molecule has 10 atom stereocenters. The SMILES string of the molecule is O=[N+]([O-])c1ccc(O[C@@H]2O[C@H](CO)[C@@H](O)[C@H](O[C@H]3O[C@H](CO)[C@@H](O)[C@H](O)[C@H]3O)[C@H]2O)cc1. The highest BCUT2D eigenvalue weighted by atomic mass is 16.7. The topological polar surface area (TPSA) is 222 Å². The summed E-state index contributed by atoms with van der Waals surface area (Å²) in [7, 11) is 0. The number of rotatable bonds is 7. The highest BCUT2D eigenvalue weighted by Gasteiger charge is 2.51. The van der Waals surface area contributed by atoms with Gasteiger partial charge in [0.05, 0.1) is 18.1 Å². The molecule has 0 radical (unpaired) electrons. The van der Waals surface area contributed by atoms with Crippen LogP contribution in [0.1, 0.15) is 0 Å². The normalized spacial score (nSPS) is 40.1. The van der Waals surface area contributed by atoms with Gasteiger partial charge in [-0.25, -0.2) is 0 Å². The number of aliphatic hydroxyl groups is 7. The Hall–Kier alpha value is -1.98. The Balaban J connectivity index is 1.76. The van der Waals surface area contributed by atoms with Crippen molar-refractivity contribution in [2.45, 2.75) is 61.4 Å². The standard InChI is InChI=1S/C18H25NO13/c20-5-9-11(22)13(24)14(25)17(30-9)32-16-12(23)10(6-21)31-18(15(16)26)29-8-3-1-7(2-4-8)19(27)28/h1-4,9-18,20-26H,5-6H2/t9-,10-,11-,12-,13+,14-,15-,16+,17-,18-/m1/s1. The number of benzene rings is 1. The van der Waals surface area contributed by atoms with Crippen molar-refractivity contribution in [2.75, 3.05) is 13.2 Å². The Morgan fingerprint density at radius 1 is 0.812 bits per heavy atom. The number of nitro groups is 1. The molecule has 0 saturated carbocycles. The van der Waals surface area contributed by atoms with E-state index in [1.807, 2.05) is 0 Å². The molecule has 14 heteroatoms. The first-order valence-corrected chi connectivity index (χ1v) is 9.67. The maximum atomic E-state index is 10.8. The Kier molecular flexibility index (Phi) is 7.94. The number of ether oxygens (including phenoxy) is 4. The average molecular weight is 463 g/mol. The van der Waals surface area contributed by atoms with E-state index < -0.39 is 79.5 Å². The lowest BCUT2D eigenvalue weighted by molar-refractivity contribution is -0.384. The summed E-state index contributed by atoms with van der Waals surface area (Å²) >= 11 is 0. The molecule has 1 aromatic carbocycles. The van der Waals surface area contributed by atoms with Crippen LogP contribution >= 0.6 is 0 Å². The molecule has 2 fully saturated rings. The van der Waals surface area contributed by atoms with Crippen LogP contribution in [0.4, 0.5) is 5.69 Å². The minimum atomic E-state index is -1.79. The Labute approximate surface area is 180 Å². The molecule has 14 nitrogen and oxygen atoms in total. The van der Waals surface area contributed by atoms with Crippen LogP contribution in [-0.2, 0) is 14.2 Å². The van der Waals surface area contributed by atoms with Crippen molar-refractivity contribution >= 4 is 5.69 Å². The largest absolute Gasteiger partial charge is 0.462 e. The summed E-state index contributed by atoms with van der Waals surface area (Å²) < 4.78 is 21.5. The summed E-state index contributed by atoms with van der Waals surface area (Å²) in [5.41, 5.74) is -0.199. The van der Waals surface area contributed by atoms with E-state index in [4.69, 9.17) is 18.9 Å². The minimum Gasteiger partial charge on any atom is -0.462 e. The molecule has 7 N–H and O–H groups in total. The monoisotopic (exact) mass is 463 g/mol. The highest BCUT2D eigenvalue weighted by molar-refractivity contribution is 5.36. The van der Waals surface area contributed by atoms with E-state index in [-0.39, 0.29) is 11.4 Å². The van der Waals surface area contributed by atoms with Gasteiger partial charge in [-0.05, 0) is 12.1 Å². The fourth-order valence-electron chi connectivity index (χ4n) is 3.43. The van der Waals surface area contributed by atoms with Gasteiger partial charge in [-0.1, -0.05) is 0 Å². The first-order valence-electron chi connectivity index (χ1n) is 9.67. The van der Waals surface area contributed by atoms with Crippen LogP contribution in [0, 0.1) is 10.1 Å². The zero-order chi connectivity index (χ0) is 23.6. The molecule has 0 amide bonds. The zero-order valence-electron chi connectivity index (χ0n) is 16.5. The van der Waals surface area contributed by atoms with Gasteiger partial charge in [0.1, 0.15) is 54.6 Å². The molecule has 2 heterocycles. The molecule has 2 saturated heterocycles. The van der Waals surface area contributed by atoms with Gasteiger partial charge in [0.2, 0.25) is 6.29 Å². The Bertz CT molecular complexity index is 762. The number of hydrogen-bond acceptors (Lipinski definition) is 13. The van der Waals surface area contributed by atoms with Crippen LogP contribution in [-0.4, -0.2) is 115 Å². The molecule has 0 aromatic heterocycles. The molecule has 0 unspecified atom stereocenters. The predicted octanol–water partition coefficient (Wildman–Crippen LogP) is -3.40. The third-order valence-corrected chi connectivity index (χ3v) is 5.26. The molecule has 3 rings (SSSR count). The molecule has 32 heavy (non-hydrogen) atoms. The summed E-state index contributed by atoms with van der Waals surface area (Å²) in [6, 6.07) is 4.82. The van der Waals surface area contributed by atoms with E-state index in [0.717, 1.165) is 12.1 Å². The fraction of sp³-hybridized carbons (Fsp3) is 0.667. The number of nitro benzene ring substituents is 1. The molecular weight excluding hydrogens is 438 g/mol. The van der Waals surface area contributed by atoms with Crippen molar-refractivity contribution in [1.29, 1.82) is 0 Å². The number of aliphatic hydroxyl groups excluding tert-OH is 7. The van der Waals surface area contributed by atoms with Crippen LogP contribution in [0.2, 0.25) is 0 Å². The van der Waals surface area contributed by atoms with Gasteiger partial charge in [-0.3, -0.25) is 10.1 Å². The Morgan fingerprint density at radius 2 is 1.38 bits per heavy atom. The summed E-state index contributed by atoms with van der Waals surface area (Å²) in [5, 5.41) is 80.6. The van der Waals surface area contributed by atoms with E-state index in [0.29, 0.717) is 0 Å². The molecular formula is C18H25NO13. The van der Waals surface area contributed by atoms with Gasteiger partial charge in [0.25, 0.3) is 5.69 Å². The van der Waals surface area contributed by atoms with Gasteiger partial charge in [0, 0.05) is 12.1 Å². The lowest BCUT2D eigenvalue weighted by Crippen LogP contribution is -2.65. The van der Waals surface area contributed by atoms with E-state index in [1.165, 1.54) is 12.1 Å². The van der Waals surface area contributed by atoms with Crippen molar-refractivity contribution in [3.63, 3.8) is 0 Å². The van der Waals surface area contributed by atoms with Crippen molar-refractivity contribution in [2.24, 2.45) is 0 Å². The second-order valence-corrected chi connectivity index (χ2v) is 7.37. The minimum absolute atomic E-state index is 0.0688. The Morgan fingerprint density at radius 3 is 1.94 bits per heavy atom. The smallest absolute Gasteiger partial charge is 0.269 e. The molecule has 2 aliphatic heterocycles. The molecule has 0 bridgehead atoms. The summed E-state index contributed by atoms with van der Waals surface area (Å²) in [4.78, 5) is 10.2. The summed E-state index contributed by atoms with van der Waals surface area (Å²) in [5.74, 6) is 0.0688. The molecule has 1 aromatic rings. The van der Waals surface area contributed by atoms with Gasteiger partial charge < -0.3 is 54.7 Å². The van der Waals surface area contributed by atoms with Crippen molar-refractivity contribution in [3.05, 3.63) is 34.4 Å². The van der Waals surface area contributed by atoms with E-state index in [2.05, 4.69) is 0 Å². The van der Waals surface area contributed by atoms with E-state index in [9.17, 15) is 45.9 Å². The highest BCUT2D eigenvalue weighted by Crippen LogP contribution is 2.30. The lowest BCUT2D eigenvalue weighted by atomic mass is 9.97. The third-order valence-electron chi connectivity index (χ3n) is 5.26.